The van der Waals surface area contributed by atoms with E-state index in [4.69, 9.17) is 4.74 Å². The van der Waals surface area contributed by atoms with Gasteiger partial charge in [0.15, 0.2) is 0 Å². The zero-order valence-corrected chi connectivity index (χ0v) is 14.0. The molecule has 0 spiro atoms. The number of piperidine rings is 1. The number of hydrogen-bond donors (Lipinski definition) is 0. The highest BCUT2D eigenvalue weighted by atomic mass is 16.5. The molecule has 22 heavy (non-hydrogen) atoms. The van der Waals surface area contributed by atoms with Crippen molar-refractivity contribution in [2.24, 2.45) is 5.92 Å². The first-order valence-electron chi connectivity index (χ1n) is 8.21. The highest BCUT2D eigenvalue weighted by molar-refractivity contribution is 5.77. The third kappa shape index (κ3) is 4.55. The molecule has 1 heterocycles. The molecule has 1 amide bonds. The van der Waals surface area contributed by atoms with Gasteiger partial charge in [-0.05, 0) is 24.8 Å². The first-order chi connectivity index (χ1) is 10.6. The molecule has 4 heteroatoms. The Morgan fingerprint density at radius 2 is 2.09 bits per heavy atom. The number of rotatable bonds is 6. The number of carbonyl (C=O) groups excluding carboxylic acids is 1. The van der Waals surface area contributed by atoms with Crippen molar-refractivity contribution in [3.05, 3.63) is 35.9 Å². The Morgan fingerprint density at radius 1 is 1.36 bits per heavy atom. The van der Waals surface area contributed by atoms with Crippen molar-refractivity contribution in [1.29, 1.82) is 0 Å². The maximum atomic E-state index is 12.1. The molecule has 1 saturated heterocycles. The summed E-state index contributed by atoms with van der Waals surface area (Å²) in [6.07, 6.45) is 1.03. The van der Waals surface area contributed by atoms with Gasteiger partial charge in [-0.1, -0.05) is 37.3 Å². The molecule has 1 aromatic rings. The normalized spacial score (nSPS) is 22.5. The summed E-state index contributed by atoms with van der Waals surface area (Å²) in [6, 6.07) is 10.9. The summed E-state index contributed by atoms with van der Waals surface area (Å²) in [5, 5.41) is 0. The molecule has 0 aliphatic carbocycles. The predicted octanol–water partition coefficient (Wildman–Crippen LogP) is 2.39. The Labute approximate surface area is 134 Å². The zero-order chi connectivity index (χ0) is 15.9. The lowest BCUT2D eigenvalue weighted by atomic mass is 9.92. The van der Waals surface area contributed by atoms with Crippen LogP contribution in [0.2, 0.25) is 0 Å². The molecule has 0 bridgehead atoms. The van der Waals surface area contributed by atoms with Crippen LogP contribution in [0.4, 0.5) is 0 Å². The Kier molecular flexibility index (Phi) is 6.40. The largest absolute Gasteiger partial charge is 0.372 e. The van der Waals surface area contributed by atoms with Crippen molar-refractivity contribution in [3.8, 4) is 0 Å². The average molecular weight is 304 g/mol. The molecule has 1 aliphatic rings. The second kappa shape index (κ2) is 8.30. The van der Waals surface area contributed by atoms with Crippen molar-refractivity contribution in [3.63, 3.8) is 0 Å². The van der Waals surface area contributed by atoms with E-state index in [9.17, 15) is 4.79 Å². The summed E-state index contributed by atoms with van der Waals surface area (Å²) in [5.41, 5.74) is 1.36. The van der Waals surface area contributed by atoms with Gasteiger partial charge in [0.2, 0.25) is 5.91 Å². The number of likely N-dealkylation sites (tertiary alicyclic amines) is 1. The van der Waals surface area contributed by atoms with E-state index in [1.54, 1.807) is 0 Å². The minimum absolute atomic E-state index is 0.0928. The summed E-state index contributed by atoms with van der Waals surface area (Å²) < 4.78 is 5.24. The molecule has 122 valence electrons. The van der Waals surface area contributed by atoms with E-state index in [-0.39, 0.29) is 12.5 Å². The fourth-order valence-corrected chi connectivity index (χ4v) is 3.26. The lowest BCUT2D eigenvalue weighted by molar-refractivity contribution is -0.138. The van der Waals surface area contributed by atoms with Gasteiger partial charge in [-0.2, -0.15) is 0 Å². The second-order valence-corrected chi connectivity index (χ2v) is 6.20. The lowest BCUT2D eigenvalue weighted by Gasteiger charge is -2.41. The number of carbonyl (C=O) groups is 1. The lowest BCUT2D eigenvalue weighted by Crippen LogP contribution is -2.51. The summed E-state index contributed by atoms with van der Waals surface area (Å²) in [5.74, 6) is 0.572. The maximum Gasteiger partial charge on any atom is 0.248 e. The molecule has 1 fully saturated rings. The van der Waals surface area contributed by atoms with Gasteiger partial charge in [0.1, 0.15) is 6.61 Å². The van der Waals surface area contributed by atoms with Crippen LogP contribution in [0.25, 0.3) is 0 Å². The van der Waals surface area contributed by atoms with Crippen molar-refractivity contribution in [1.82, 2.24) is 9.80 Å². The Morgan fingerprint density at radius 3 is 2.73 bits per heavy atom. The highest BCUT2D eigenvalue weighted by Crippen LogP contribution is 2.22. The maximum absolute atomic E-state index is 12.1. The van der Waals surface area contributed by atoms with Crippen molar-refractivity contribution in [2.75, 3.05) is 33.4 Å². The topological polar surface area (TPSA) is 32.8 Å². The molecule has 0 saturated carbocycles. The zero-order valence-electron chi connectivity index (χ0n) is 14.0. The molecule has 0 unspecified atom stereocenters. The van der Waals surface area contributed by atoms with Crippen LogP contribution in [0.15, 0.2) is 30.3 Å². The summed E-state index contributed by atoms with van der Waals surface area (Å²) in [7, 11) is 1.91. The summed E-state index contributed by atoms with van der Waals surface area (Å²) >= 11 is 0. The third-order valence-corrected chi connectivity index (χ3v) is 4.51. The number of hydrogen-bond acceptors (Lipinski definition) is 3. The second-order valence-electron chi connectivity index (χ2n) is 6.20. The quantitative estimate of drug-likeness (QED) is 0.809. The number of likely N-dealkylation sites (N-methyl/N-ethyl adjacent to an activating group) is 1. The van der Waals surface area contributed by atoms with Crippen molar-refractivity contribution < 1.29 is 9.53 Å². The monoisotopic (exact) mass is 304 g/mol. The molecule has 1 aromatic carbocycles. The van der Waals surface area contributed by atoms with Gasteiger partial charge in [0.05, 0.1) is 0 Å². The SMILES string of the molecule is CCOCC(=O)N(C)[C@H]1CCN(Cc2ccccc2)C[C@H]1C. The van der Waals surface area contributed by atoms with Gasteiger partial charge in [-0.25, -0.2) is 0 Å². The minimum atomic E-state index is 0.0928. The molecule has 0 radical (unpaired) electrons. The predicted molar refractivity (Wildman–Crippen MR) is 88.6 cm³/mol. The number of nitrogens with zero attached hydrogens (tertiary/aromatic N) is 2. The highest BCUT2D eigenvalue weighted by Gasteiger charge is 2.30. The Balaban J connectivity index is 1.85. The van der Waals surface area contributed by atoms with Gasteiger partial charge in [-0.3, -0.25) is 9.69 Å². The number of amides is 1. The molecule has 0 N–H and O–H groups in total. The Bertz CT molecular complexity index is 463. The van der Waals surface area contributed by atoms with Crippen LogP contribution in [0.1, 0.15) is 25.8 Å². The van der Waals surface area contributed by atoms with Crippen molar-refractivity contribution >= 4 is 5.91 Å². The number of ether oxygens (including phenoxy) is 1. The Hall–Kier alpha value is -1.39. The van der Waals surface area contributed by atoms with E-state index in [1.165, 1.54) is 5.56 Å². The van der Waals surface area contributed by atoms with E-state index in [2.05, 4.69) is 42.2 Å². The molecule has 1 aliphatic heterocycles. The van der Waals surface area contributed by atoms with Crippen LogP contribution in [0, 0.1) is 5.92 Å². The average Bonchev–Trinajstić information content (AvgIpc) is 2.53. The van der Waals surface area contributed by atoms with Crippen LogP contribution >= 0.6 is 0 Å². The third-order valence-electron chi connectivity index (χ3n) is 4.51. The molecular formula is C18H28N2O2. The van der Waals surface area contributed by atoms with Crippen LogP contribution in [0.5, 0.6) is 0 Å². The van der Waals surface area contributed by atoms with Gasteiger partial charge < -0.3 is 9.64 Å². The molecule has 0 aromatic heterocycles. The molecule has 2 rings (SSSR count). The summed E-state index contributed by atoms with van der Waals surface area (Å²) in [4.78, 5) is 16.5. The van der Waals surface area contributed by atoms with Crippen LogP contribution < -0.4 is 0 Å². The van der Waals surface area contributed by atoms with Gasteiger partial charge in [0, 0.05) is 39.3 Å². The van der Waals surface area contributed by atoms with E-state index >= 15 is 0 Å². The van der Waals surface area contributed by atoms with E-state index in [1.807, 2.05) is 18.9 Å². The minimum Gasteiger partial charge on any atom is -0.372 e. The summed E-state index contributed by atoms with van der Waals surface area (Å²) in [6.45, 7) is 8.01. The van der Waals surface area contributed by atoms with E-state index in [0.29, 0.717) is 18.6 Å². The van der Waals surface area contributed by atoms with Crippen LogP contribution in [-0.2, 0) is 16.1 Å². The first kappa shape index (κ1) is 17.0. The molecule has 2 atom stereocenters. The van der Waals surface area contributed by atoms with Crippen LogP contribution in [-0.4, -0.2) is 55.1 Å². The van der Waals surface area contributed by atoms with Gasteiger partial charge in [0.25, 0.3) is 0 Å². The van der Waals surface area contributed by atoms with Gasteiger partial charge >= 0.3 is 0 Å². The smallest absolute Gasteiger partial charge is 0.248 e. The van der Waals surface area contributed by atoms with Crippen LogP contribution in [0.3, 0.4) is 0 Å². The molecule has 4 nitrogen and oxygen atoms in total. The van der Waals surface area contributed by atoms with E-state index < -0.39 is 0 Å². The number of benzene rings is 1. The standard InChI is InChI=1S/C18H28N2O2/c1-4-22-14-18(21)19(3)17-10-11-20(12-15(17)2)13-16-8-6-5-7-9-16/h5-9,15,17H,4,10-14H2,1-3H3/t15-,17+/m1/s1. The van der Waals surface area contributed by atoms with E-state index in [0.717, 1.165) is 26.1 Å². The van der Waals surface area contributed by atoms with Gasteiger partial charge in [-0.15, -0.1) is 0 Å². The fourth-order valence-electron chi connectivity index (χ4n) is 3.26. The molecular weight excluding hydrogens is 276 g/mol. The first-order valence-corrected chi connectivity index (χ1v) is 8.21. The fraction of sp³-hybridized carbons (Fsp3) is 0.611. The van der Waals surface area contributed by atoms with Crippen molar-refractivity contribution in [2.45, 2.75) is 32.9 Å².